The minimum Gasteiger partial charge on any atom is -0.497 e. The Morgan fingerprint density at radius 1 is 1.12 bits per heavy atom. The number of nitrogens with one attached hydrogen (secondary N) is 1. The third-order valence-corrected chi connectivity index (χ3v) is 4.55. The van der Waals surface area contributed by atoms with E-state index in [1.807, 2.05) is 0 Å². The van der Waals surface area contributed by atoms with Crippen LogP contribution in [0.3, 0.4) is 0 Å². The minimum atomic E-state index is -0.534. The Balaban J connectivity index is 1.72. The Morgan fingerprint density at radius 3 is 2.58 bits per heavy atom. The van der Waals surface area contributed by atoms with E-state index in [0.717, 1.165) is 19.3 Å². The number of imide groups is 1. The highest BCUT2D eigenvalue weighted by Gasteiger charge is 2.44. The maximum atomic E-state index is 12.6. The zero-order chi connectivity index (χ0) is 17.1. The van der Waals surface area contributed by atoms with Gasteiger partial charge in [-0.3, -0.25) is 14.4 Å². The van der Waals surface area contributed by atoms with E-state index in [1.165, 1.54) is 4.90 Å². The molecule has 2 atom stereocenters. The van der Waals surface area contributed by atoms with Gasteiger partial charge in [-0.15, -0.1) is 0 Å². The molecule has 2 aliphatic heterocycles. The predicted molar refractivity (Wildman–Crippen MR) is 86.5 cm³/mol. The van der Waals surface area contributed by atoms with Crippen molar-refractivity contribution in [2.45, 2.75) is 37.8 Å². The molecule has 128 valence electrons. The zero-order valence-corrected chi connectivity index (χ0v) is 13.7. The van der Waals surface area contributed by atoms with Crippen molar-refractivity contribution in [3.05, 3.63) is 24.3 Å². The van der Waals surface area contributed by atoms with Crippen molar-refractivity contribution >= 4 is 23.4 Å². The van der Waals surface area contributed by atoms with Gasteiger partial charge in [-0.1, -0.05) is 0 Å². The summed E-state index contributed by atoms with van der Waals surface area (Å²) in [6, 6.07) is 5.97. The maximum absolute atomic E-state index is 12.6. The third-order valence-electron chi connectivity index (χ3n) is 4.55. The van der Waals surface area contributed by atoms with Crippen LogP contribution in [0, 0.1) is 0 Å². The smallest absolute Gasteiger partial charge is 0.292 e. The monoisotopic (exact) mass is 332 g/mol. The lowest BCUT2D eigenvalue weighted by Crippen LogP contribution is -2.98. The molecule has 0 spiro atoms. The molecule has 1 aromatic carbocycles. The van der Waals surface area contributed by atoms with Gasteiger partial charge in [0.25, 0.3) is 11.8 Å². The molecular formula is C17H22N3O4+. The molecule has 3 N–H and O–H groups in total. The fourth-order valence-electron chi connectivity index (χ4n) is 3.24. The van der Waals surface area contributed by atoms with Crippen molar-refractivity contribution in [2.24, 2.45) is 0 Å². The molecule has 0 bridgehead atoms. The number of amides is 3. The molecule has 2 saturated heterocycles. The van der Waals surface area contributed by atoms with E-state index in [2.05, 4.69) is 5.32 Å². The molecule has 7 nitrogen and oxygen atoms in total. The highest BCUT2D eigenvalue weighted by molar-refractivity contribution is 6.21. The second-order valence-electron chi connectivity index (χ2n) is 6.16. The topological polar surface area (TPSA) is 92.3 Å². The van der Waals surface area contributed by atoms with Crippen LogP contribution in [-0.4, -0.2) is 43.5 Å². The Morgan fingerprint density at radius 2 is 1.88 bits per heavy atom. The molecule has 1 aromatic rings. The highest BCUT2D eigenvalue weighted by atomic mass is 16.5. The molecule has 0 saturated carbocycles. The normalized spacial score (nSPS) is 24.7. The van der Waals surface area contributed by atoms with Crippen molar-refractivity contribution in [3.63, 3.8) is 0 Å². The van der Waals surface area contributed by atoms with Crippen LogP contribution in [0.1, 0.15) is 25.7 Å². The first-order valence-electron chi connectivity index (χ1n) is 8.23. The molecular weight excluding hydrogens is 310 g/mol. The number of hydrogen-bond acceptors (Lipinski definition) is 4. The molecule has 0 aliphatic carbocycles. The third kappa shape index (κ3) is 3.26. The number of carbonyl (C=O) groups is 3. The summed E-state index contributed by atoms with van der Waals surface area (Å²) < 4.78 is 5.09. The average Bonchev–Trinajstić information content (AvgIpc) is 2.73. The number of carbonyl (C=O) groups excluding carboxylic acids is 3. The molecule has 2 heterocycles. The second kappa shape index (κ2) is 7.00. The molecule has 7 heteroatoms. The Labute approximate surface area is 140 Å². The van der Waals surface area contributed by atoms with Crippen LogP contribution < -0.4 is 20.3 Å². The molecule has 3 amide bonds. The Kier molecular flexibility index (Phi) is 4.80. The number of benzene rings is 1. The van der Waals surface area contributed by atoms with E-state index in [0.29, 0.717) is 18.0 Å². The SMILES string of the molecule is COc1ccc(N2C(=O)C[C@@H]([NH2+][C@H]3CCCCNC3=O)C2=O)cc1. The van der Waals surface area contributed by atoms with Crippen LogP contribution in [0.25, 0.3) is 0 Å². The largest absolute Gasteiger partial charge is 0.497 e. The number of nitrogens with two attached hydrogens (primary N) is 1. The van der Waals surface area contributed by atoms with Crippen molar-refractivity contribution in [1.29, 1.82) is 0 Å². The van der Waals surface area contributed by atoms with Gasteiger partial charge in [-0.05, 0) is 37.1 Å². The summed E-state index contributed by atoms with van der Waals surface area (Å²) >= 11 is 0. The van der Waals surface area contributed by atoms with Gasteiger partial charge in [0.2, 0.25) is 5.91 Å². The summed E-state index contributed by atoms with van der Waals surface area (Å²) in [5.41, 5.74) is 0.534. The van der Waals surface area contributed by atoms with Gasteiger partial charge in [0.15, 0.2) is 12.1 Å². The maximum Gasteiger partial charge on any atom is 0.292 e. The van der Waals surface area contributed by atoms with Gasteiger partial charge in [0, 0.05) is 13.0 Å². The van der Waals surface area contributed by atoms with E-state index in [4.69, 9.17) is 4.74 Å². The lowest BCUT2D eigenvalue weighted by molar-refractivity contribution is -0.696. The molecule has 0 radical (unpaired) electrons. The second-order valence-corrected chi connectivity index (χ2v) is 6.16. The van der Waals surface area contributed by atoms with Crippen LogP contribution in [0.5, 0.6) is 5.75 Å². The van der Waals surface area contributed by atoms with E-state index in [9.17, 15) is 14.4 Å². The van der Waals surface area contributed by atoms with E-state index < -0.39 is 6.04 Å². The van der Waals surface area contributed by atoms with Gasteiger partial charge >= 0.3 is 0 Å². The molecule has 3 rings (SSSR count). The number of anilines is 1. The van der Waals surface area contributed by atoms with Crippen molar-refractivity contribution in [1.82, 2.24) is 5.32 Å². The van der Waals surface area contributed by atoms with Crippen molar-refractivity contribution in [2.75, 3.05) is 18.6 Å². The van der Waals surface area contributed by atoms with Gasteiger partial charge in [-0.2, -0.15) is 0 Å². The molecule has 2 aliphatic rings. The minimum absolute atomic E-state index is 0.0457. The van der Waals surface area contributed by atoms with Crippen LogP contribution >= 0.6 is 0 Å². The molecule has 0 unspecified atom stereocenters. The van der Waals surface area contributed by atoms with Crippen molar-refractivity contribution < 1.29 is 24.4 Å². The number of ether oxygens (including phenoxy) is 1. The van der Waals surface area contributed by atoms with E-state index in [-0.39, 0.29) is 30.2 Å². The summed E-state index contributed by atoms with van der Waals surface area (Å²) in [4.78, 5) is 38.2. The summed E-state index contributed by atoms with van der Waals surface area (Å²) in [5.74, 6) is 0.120. The van der Waals surface area contributed by atoms with Gasteiger partial charge in [-0.25, -0.2) is 4.90 Å². The zero-order valence-electron chi connectivity index (χ0n) is 13.7. The number of hydrogen-bond donors (Lipinski definition) is 2. The Bertz CT molecular complexity index is 644. The van der Waals surface area contributed by atoms with Crippen LogP contribution in [0.15, 0.2) is 24.3 Å². The first-order chi connectivity index (χ1) is 11.6. The quantitative estimate of drug-likeness (QED) is 0.731. The fraction of sp³-hybridized carbons (Fsp3) is 0.471. The van der Waals surface area contributed by atoms with Gasteiger partial charge < -0.3 is 15.4 Å². The highest BCUT2D eigenvalue weighted by Crippen LogP contribution is 2.24. The predicted octanol–water partition coefficient (Wildman–Crippen LogP) is -0.441. The number of methoxy groups -OCH3 is 1. The lowest BCUT2D eigenvalue weighted by atomic mass is 10.1. The van der Waals surface area contributed by atoms with E-state index in [1.54, 1.807) is 36.7 Å². The Hall–Kier alpha value is -2.41. The summed E-state index contributed by atoms with van der Waals surface area (Å²) in [7, 11) is 1.56. The van der Waals surface area contributed by atoms with Crippen LogP contribution in [0.4, 0.5) is 5.69 Å². The summed E-state index contributed by atoms with van der Waals surface area (Å²) in [6.45, 7) is 0.679. The van der Waals surface area contributed by atoms with E-state index >= 15 is 0 Å². The first-order valence-corrected chi connectivity index (χ1v) is 8.23. The van der Waals surface area contributed by atoms with Crippen LogP contribution in [0.2, 0.25) is 0 Å². The number of nitrogens with zero attached hydrogens (tertiary/aromatic N) is 1. The molecule has 0 aromatic heterocycles. The molecule has 24 heavy (non-hydrogen) atoms. The van der Waals surface area contributed by atoms with Crippen molar-refractivity contribution in [3.8, 4) is 5.75 Å². The summed E-state index contributed by atoms with van der Waals surface area (Å²) in [5, 5.41) is 4.61. The number of rotatable bonds is 4. The molecule has 2 fully saturated rings. The first kappa shape index (κ1) is 16.4. The standard InChI is InChI=1S/C17H21N3O4/c1-24-12-7-5-11(6-8-12)20-15(21)10-14(17(20)23)19-13-4-2-3-9-18-16(13)22/h5-8,13-14,19H,2-4,9-10H2,1H3,(H,18,22)/p+1/t13-,14+/m0/s1. The fourth-order valence-corrected chi connectivity index (χ4v) is 3.24. The average molecular weight is 332 g/mol. The van der Waals surface area contributed by atoms with Crippen LogP contribution in [-0.2, 0) is 14.4 Å². The lowest BCUT2D eigenvalue weighted by Gasteiger charge is -2.17. The van der Waals surface area contributed by atoms with Gasteiger partial charge in [0.1, 0.15) is 5.75 Å². The summed E-state index contributed by atoms with van der Waals surface area (Å²) in [6.07, 6.45) is 2.74. The van der Waals surface area contributed by atoms with Gasteiger partial charge in [0.05, 0.1) is 19.2 Å². The number of quaternary nitrogens is 1.